The second-order valence-electron chi connectivity index (χ2n) is 7.17. The Balaban J connectivity index is 1.60. The number of nitrogens with zero attached hydrogens (tertiary/aromatic N) is 1. The van der Waals surface area contributed by atoms with Gasteiger partial charge in [-0.15, -0.1) is 0 Å². The molecule has 2 heterocycles. The van der Waals surface area contributed by atoms with Crippen molar-refractivity contribution in [2.75, 3.05) is 6.61 Å². The minimum absolute atomic E-state index is 0.181. The van der Waals surface area contributed by atoms with Crippen molar-refractivity contribution in [1.82, 2.24) is 9.88 Å². The molecule has 0 bridgehead atoms. The van der Waals surface area contributed by atoms with Crippen molar-refractivity contribution in [3.63, 3.8) is 0 Å². The molecule has 1 aliphatic heterocycles. The number of carbonyl (C=O) groups is 1. The van der Waals surface area contributed by atoms with Crippen LogP contribution in [0.1, 0.15) is 40.4 Å². The van der Waals surface area contributed by atoms with Gasteiger partial charge in [0.25, 0.3) is 11.5 Å². The highest BCUT2D eigenvalue weighted by atomic mass is 16.5. The SMILES string of the molecule is Cn1ccc(C(=O)NC(c2ccc3c(c2)CCO3)C2CC(O)C2)cc1=O. The van der Waals surface area contributed by atoms with Crippen LogP contribution < -0.4 is 15.6 Å². The van der Waals surface area contributed by atoms with Crippen LogP contribution in [0.3, 0.4) is 0 Å². The maximum Gasteiger partial charge on any atom is 0.252 e. The molecular formula is C20H22N2O4. The number of pyridine rings is 1. The second-order valence-corrected chi connectivity index (χ2v) is 7.17. The highest BCUT2D eigenvalue weighted by molar-refractivity contribution is 5.94. The molecule has 26 heavy (non-hydrogen) atoms. The number of aliphatic hydroxyl groups excluding tert-OH is 1. The lowest BCUT2D eigenvalue weighted by Crippen LogP contribution is -2.41. The number of aliphatic hydroxyl groups is 1. The van der Waals surface area contributed by atoms with E-state index in [4.69, 9.17) is 4.74 Å². The lowest BCUT2D eigenvalue weighted by molar-refractivity contribution is 0.0235. The summed E-state index contributed by atoms with van der Waals surface area (Å²) >= 11 is 0. The molecule has 1 aliphatic carbocycles. The van der Waals surface area contributed by atoms with Crippen molar-refractivity contribution >= 4 is 5.91 Å². The van der Waals surface area contributed by atoms with Crippen LogP contribution in [0.4, 0.5) is 0 Å². The minimum atomic E-state index is -0.304. The van der Waals surface area contributed by atoms with E-state index < -0.39 is 0 Å². The molecule has 2 N–H and O–H groups in total. The molecule has 6 heteroatoms. The minimum Gasteiger partial charge on any atom is -0.493 e. The van der Waals surface area contributed by atoms with E-state index in [0.29, 0.717) is 25.0 Å². The van der Waals surface area contributed by atoms with Gasteiger partial charge in [-0.05, 0) is 48.1 Å². The van der Waals surface area contributed by atoms with Gasteiger partial charge in [0.15, 0.2) is 0 Å². The molecule has 0 spiro atoms. The standard InChI is InChI=1S/C20H22N2O4/c1-22-6-4-14(11-18(22)24)20(25)21-19(15-9-16(23)10-15)13-2-3-17-12(8-13)5-7-26-17/h2-4,6,8,11,15-16,19,23H,5,7,9-10H2,1H3,(H,21,25). The molecule has 4 rings (SSSR count). The summed E-state index contributed by atoms with van der Waals surface area (Å²) in [5.74, 6) is 0.811. The van der Waals surface area contributed by atoms with Gasteiger partial charge in [-0.25, -0.2) is 0 Å². The third-order valence-electron chi connectivity index (χ3n) is 5.35. The first kappa shape index (κ1) is 16.8. The van der Waals surface area contributed by atoms with Crippen LogP contribution in [-0.2, 0) is 13.5 Å². The number of fused-ring (bicyclic) bond motifs is 1. The lowest BCUT2D eigenvalue weighted by atomic mass is 9.74. The first-order chi connectivity index (χ1) is 12.5. The van der Waals surface area contributed by atoms with Crippen LogP contribution in [0, 0.1) is 5.92 Å². The number of benzene rings is 1. The smallest absolute Gasteiger partial charge is 0.252 e. The number of ether oxygens (including phenoxy) is 1. The molecule has 1 amide bonds. The fraction of sp³-hybridized carbons (Fsp3) is 0.400. The summed E-state index contributed by atoms with van der Waals surface area (Å²) < 4.78 is 6.99. The second kappa shape index (κ2) is 6.61. The molecule has 0 saturated heterocycles. The Morgan fingerprint density at radius 3 is 2.85 bits per heavy atom. The van der Waals surface area contributed by atoms with Gasteiger partial charge in [0.05, 0.1) is 18.8 Å². The molecule has 1 aromatic carbocycles. The molecule has 1 atom stereocenters. The van der Waals surface area contributed by atoms with E-state index in [0.717, 1.165) is 23.3 Å². The average Bonchev–Trinajstić information content (AvgIpc) is 3.07. The molecule has 1 saturated carbocycles. The van der Waals surface area contributed by atoms with E-state index in [1.165, 1.54) is 10.6 Å². The summed E-state index contributed by atoms with van der Waals surface area (Å²) in [7, 11) is 1.65. The van der Waals surface area contributed by atoms with Crippen molar-refractivity contribution in [3.8, 4) is 5.75 Å². The topological polar surface area (TPSA) is 80.6 Å². The molecule has 136 valence electrons. The highest BCUT2D eigenvalue weighted by Crippen LogP contribution is 2.39. The Bertz CT molecular complexity index is 899. The Morgan fingerprint density at radius 2 is 2.12 bits per heavy atom. The van der Waals surface area contributed by atoms with Crippen molar-refractivity contribution in [2.45, 2.75) is 31.4 Å². The van der Waals surface area contributed by atoms with Gasteiger partial charge in [-0.2, -0.15) is 0 Å². The van der Waals surface area contributed by atoms with Gasteiger partial charge in [-0.1, -0.05) is 6.07 Å². The van der Waals surface area contributed by atoms with Crippen LogP contribution in [0.15, 0.2) is 41.3 Å². The highest BCUT2D eigenvalue weighted by Gasteiger charge is 2.36. The van der Waals surface area contributed by atoms with Gasteiger partial charge >= 0.3 is 0 Å². The zero-order valence-corrected chi connectivity index (χ0v) is 14.6. The van der Waals surface area contributed by atoms with E-state index >= 15 is 0 Å². The summed E-state index contributed by atoms with van der Waals surface area (Å²) in [6.07, 6.45) is 3.48. The van der Waals surface area contributed by atoms with Crippen molar-refractivity contribution in [1.29, 1.82) is 0 Å². The Kier molecular flexibility index (Phi) is 4.28. The number of rotatable bonds is 4. The van der Waals surface area contributed by atoms with Crippen molar-refractivity contribution < 1.29 is 14.6 Å². The summed E-state index contributed by atoms with van der Waals surface area (Å²) in [5.41, 5.74) is 2.30. The maximum atomic E-state index is 12.7. The zero-order valence-electron chi connectivity index (χ0n) is 14.6. The first-order valence-corrected chi connectivity index (χ1v) is 8.92. The zero-order chi connectivity index (χ0) is 18.3. The number of hydrogen-bond acceptors (Lipinski definition) is 4. The molecule has 1 fully saturated rings. The van der Waals surface area contributed by atoms with Gasteiger partial charge in [-0.3, -0.25) is 9.59 Å². The number of aryl methyl sites for hydroxylation is 1. The molecular weight excluding hydrogens is 332 g/mol. The average molecular weight is 354 g/mol. The van der Waals surface area contributed by atoms with Gasteiger partial charge in [0.1, 0.15) is 5.75 Å². The summed E-state index contributed by atoms with van der Waals surface area (Å²) in [4.78, 5) is 24.5. The van der Waals surface area contributed by atoms with Crippen LogP contribution in [-0.4, -0.2) is 28.3 Å². The fourth-order valence-corrected chi connectivity index (χ4v) is 3.69. The van der Waals surface area contributed by atoms with Crippen molar-refractivity contribution in [3.05, 3.63) is 63.6 Å². The van der Waals surface area contributed by atoms with Gasteiger partial charge < -0.3 is 19.7 Å². The van der Waals surface area contributed by atoms with E-state index in [1.807, 2.05) is 12.1 Å². The summed E-state index contributed by atoms with van der Waals surface area (Å²) in [5, 5.41) is 12.8. The third kappa shape index (κ3) is 3.12. The largest absolute Gasteiger partial charge is 0.493 e. The quantitative estimate of drug-likeness (QED) is 0.873. The Hall–Kier alpha value is -2.60. The molecule has 1 aromatic heterocycles. The monoisotopic (exact) mass is 354 g/mol. The van der Waals surface area contributed by atoms with Crippen molar-refractivity contribution in [2.24, 2.45) is 13.0 Å². The number of amides is 1. The molecule has 2 aromatic rings. The molecule has 6 nitrogen and oxygen atoms in total. The Labute approximate surface area is 151 Å². The van der Waals surface area contributed by atoms with E-state index in [2.05, 4.69) is 11.4 Å². The maximum absolute atomic E-state index is 12.7. The number of aromatic nitrogens is 1. The summed E-state index contributed by atoms with van der Waals surface area (Å²) in [6.45, 7) is 0.686. The predicted octanol–water partition coefficient (Wildman–Crippen LogP) is 1.56. The summed E-state index contributed by atoms with van der Waals surface area (Å²) in [6, 6.07) is 8.80. The fourth-order valence-electron chi connectivity index (χ4n) is 3.69. The number of carbonyl (C=O) groups excluding carboxylic acids is 1. The number of nitrogens with one attached hydrogen (secondary N) is 1. The van der Waals surface area contributed by atoms with Crippen LogP contribution in [0.5, 0.6) is 5.75 Å². The van der Waals surface area contributed by atoms with E-state index in [-0.39, 0.29) is 29.5 Å². The van der Waals surface area contributed by atoms with Crippen LogP contribution >= 0.6 is 0 Å². The van der Waals surface area contributed by atoms with Crippen LogP contribution in [0.2, 0.25) is 0 Å². The predicted molar refractivity (Wildman–Crippen MR) is 96.3 cm³/mol. The molecule has 1 unspecified atom stereocenters. The third-order valence-corrected chi connectivity index (χ3v) is 5.35. The first-order valence-electron chi connectivity index (χ1n) is 8.92. The number of hydrogen-bond donors (Lipinski definition) is 2. The molecule has 2 aliphatic rings. The van der Waals surface area contributed by atoms with E-state index in [1.54, 1.807) is 19.3 Å². The molecule has 0 radical (unpaired) electrons. The van der Waals surface area contributed by atoms with E-state index in [9.17, 15) is 14.7 Å². The van der Waals surface area contributed by atoms with Crippen LogP contribution in [0.25, 0.3) is 0 Å². The van der Waals surface area contributed by atoms with Gasteiger partial charge in [0.2, 0.25) is 0 Å². The normalized spacial score (nSPS) is 22.1. The van der Waals surface area contributed by atoms with Gasteiger partial charge in [0, 0.05) is 31.3 Å². The Morgan fingerprint density at radius 1 is 1.31 bits per heavy atom. The lowest BCUT2D eigenvalue weighted by Gasteiger charge is -2.38.